The number of sulfonamides is 1. The molecule has 128 valence electrons. The van der Waals surface area contributed by atoms with Gasteiger partial charge in [-0.2, -0.15) is 4.31 Å². The molecule has 1 amide bonds. The second-order valence-corrected chi connectivity index (χ2v) is 7.01. The molecule has 1 N–H and O–H groups in total. The monoisotopic (exact) mass is 350 g/mol. The Morgan fingerprint density at radius 3 is 2.04 bits per heavy atom. The number of rotatable bonds is 6. The molecule has 0 heterocycles. The molecular formula is C17H19FN2O3S. The average Bonchev–Trinajstić information content (AvgIpc) is 2.56. The van der Waals surface area contributed by atoms with Gasteiger partial charge in [0, 0.05) is 24.3 Å². The first-order chi connectivity index (χ1) is 11.4. The molecule has 0 aliphatic rings. The first-order valence-corrected chi connectivity index (χ1v) is 8.99. The highest BCUT2D eigenvalue weighted by atomic mass is 32.2. The van der Waals surface area contributed by atoms with Gasteiger partial charge >= 0.3 is 0 Å². The molecule has 2 aromatic rings. The molecule has 0 saturated heterocycles. The number of nitrogens with one attached hydrogen (secondary N) is 1. The summed E-state index contributed by atoms with van der Waals surface area (Å²) < 4.78 is 39.0. The Morgan fingerprint density at radius 1 is 1.00 bits per heavy atom. The lowest BCUT2D eigenvalue weighted by Crippen LogP contribution is -2.30. The molecule has 0 saturated carbocycles. The van der Waals surface area contributed by atoms with E-state index in [0.717, 1.165) is 0 Å². The smallest absolute Gasteiger partial charge is 0.255 e. The maximum Gasteiger partial charge on any atom is 0.255 e. The molecule has 0 aromatic heterocycles. The van der Waals surface area contributed by atoms with Gasteiger partial charge in [-0.25, -0.2) is 12.8 Å². The third-order valence-corrected chi connectivity index (χ3v) is 5.63. The molecule has 0 atom stereocenters. The van der Waals surface area contributed by atoms with Crippen molar-refractivity contribution in [3.05, 3.63) is 59.9 Å². The van der Waals surface area contributed by atoms with E-state index in [2.05, 4.69) is 5.32 Å². The molecule has 0 unspecified atom stereocenters. The maximum absolute atomic E-state index is 12.9. The van der Waals surface area contributed by atoms with Gasteiger partial charge in [0.1, 0.15) is 5.82 Å². The highest BCUT2D eigenvalue weighted by Gasteiger charge is 2.21. The van der Waals surface area contributed by atoms with Gasteiger partial charge in [-0.15, -0.1) is 0 Å². The zero-order valence-corrected chi connectivity index (χ0v) is 14.3. The van der Waals surface area contributed by atoms with E-state index in [1.165, 1.54) is 52.8 Å². The second-order valence-electron chi connectivity index (χ2n) is 5.07. The van der Waals surface area contributed by atoms with Crippen molar-refractivity contribution in [3.8, 4) is 0 Å². The van der Waals surface area contributed by atoms with Crippen LogP contribution in [0.3, 0.4) is 0 Å². The largest absolute Gasteiger partial charge is 0.322 e. The van der Waals surface area contributed by atoms with Crippen molar-refractivity contribution in [2.75, 3.05) is 18.4 Å². The van der Waals surface area contributed by atoms with Gasteiger partial charge < -0.3 is 5.32 Å². The first-order valence-electron chi connectivity index (χ1n) is 7.55. The SMILES string of the molecule is CCN(CC)S(=O)(=O)c1ccc(NC(=O)c2ccc(F)cc2)cc1. The van der Waals surface area contributed by atoms with E-state index in [1.807, 2.05) is 0 Å². The summed E-state index contributed by atoms with van der Waals surface area (Å²) >= 11 is 0. The van der Waals surface area contributed by atoms with Crippen molar-refractivity contribution in [1.82, 2.24) is 4.31 Å². The lowest BCUT2D eigenvalue weighted by Gasteiger charge is -2.18. The third kappa shape index (κ3) is 3.98. The quantitative estimate of drug-likeness (QED) is 0.870. The van der Waals surface area contributed by atoms with Crippen LogP contribution < -0.4 is 5.32 Å². The van der Waals surface area contributed by atoms with E-state index in [4.69, 9.17) is 0 Å². The normalized spacial score (nSPS) is 11.5. The summed E-state index contributed by atoms with van der Waals surface area (Å²) in [5, 5.41) is 2.64. The van der Waals surface area contributed by atoms with Crippen molar-refractivity contribution >= 4 is 21.6 Å². The van der Waals surface area contributed by atoms with Gasteiger partial charge in [-0.05, 0) is 48.5 Å². The van der Waals surface area contributed by atoms with Crippen molar-refractivity contribution in [3.63, 3.8) is 0 Å². The highest BCUT2D eigenvalue weighted by Crippen LogP contribution is 2.18. The predicted molar refractivity (Wildman–Crippen MR) is 90.9 cm³/mol. The van der Waals surface area contributed by atoms with E-state index in [0.29, 0.717) is 24.3 Å². The molecular weight excluding hydrogens is 331 g/mol. The molecule has 0 radical (unpaired) electrons. The van der Waals surface area contributed by atoms with Crippen LogP contribution in [0.2, 0.25) is 0 Å². The maximum atomic E-state index is 12.9. The number of nitrogens with zero attached hydrogens (tertiary/aromatic N) is 1. The number of anilines is 1. The second kappa shape index (κ2) is 7.55. The van der Waals surface area contributed by atoms with Crippen LogP contribution in [0.5, 0.6) is 0 Å². The molecule has 2 rings (SSSR count). The standard InChI is InChI=1S/C17H19FN2O3S/c1-3-20(4-2)24(22,23)16-11-9-15(10-12-16)19-17(21)13-5-7-14(18)8-6-13/h5-12H,3-4H2,1-2H3,(H,19,21). The topological polar surface area (TPSA) is 66.5 Å². The van der Waals surface area contributed by atoms with Crippen LogP contribution in [-0.2, 0) is 10.0 Å². The summed E-state index contributed by atoms with van der Waals surface area (Å²) in [4.78, 5) is 12.2. The Hall–Kier alpha value is -2.25. The lowest BCUT2D eigenvalue weighted by molar-refractivity contribution is 0.102. The van der Waals surface area contributed by atoms with Gasteiger partial charge in [-0.1, -0.05) is 13.8 Å². The molecule has 0 aliphatic heterocycles. The summed E-state index contributed by atoms with van der Waals surface area (Å²) in [6, 6.07) is 11.1. The minimum absolute atomic E-state index is 0.172. The van der Waals surface area contributed by atoms with Gasteiger partial charge in [0.25, 0.3) is 5.91 Å². The van der Waals surface area contributed by atoms with Crippen molar-refractivity contribution in [1.29, 1.82) is 0 Å². The number of benzene rings is 2. The zero-order valence-electron chi connectivity index (χ0n) is 13.5. The van der Waals surface area contributed by atoms with Gasteiger partial charge in [0.2, 0.25) is 10.0 Å². The fraction of sp³-hybridized carbons (Fsp3) is 0.235. The molecule has 24 heavy (non-hydrogen) atoms. The molecule has 0 fully saturated rings. The van der Waals surface area contributed by atoms with Crippen molar-refractivity contribution < 1.29 is 17.6 Å². The van der Waals surface area contributed by atoms with E-state index < -0.39 is 21.7 Å². The molecule has 0 spiro atoms. The van der Waals surface area contributed by atoms with Crippen LogP contribution in [0.25, 0.3) is 0 Å². The van der Waals surface area contributed by atoms with Crippen LogP contribution >= 0.6 is 0 Å². The summed E-state index contributed by atoms with van der Waals surface area (Å²) in [5.74, 6) is -0.813. The van der Waals surface area contributed by atoms with Gasteiger partial charge in [-0.3, -0.25) is 4.79 Å². The molecule has 7 heteroatoms. The summed E-state index contributed by atoms with van der Waals surface area (Å²) in [6.07, 6.45) is 0. The van der Waals surface area contributed by atoms with E-state index in [-0.39, 0.29) is 4.90 Å². The van der Waals surface area contributed by atoms with E-state index in [9.17, 15) is 17.6 Å². The predicted octanol–water partition coefficient (Wildman–Crippen LogP) is 3.11. The van der Waals surface area contributed by atoms with Crippen LogP contribution in [-0.4, -0.2) is 31.7 Å². The number of carbonyl (C=O) groups excluding carboxylic acids is 1. The van der Waals surface area contributed by atoms with Crippen molar-refractivity contribution in [2.45, 2.75) is 18.7 Å². The van der Waals surface area contributed by atoms with Gasteiger partial charge in [0.05, 0.1) is 4.90 Å². The molecule has 2 aromatic carbocycles. The fourth-order valence-corrected chi connectivity index (χ4v) is 3.69. The Labute approximate surface area is 141 Å². The highest BCUT2D eigenvalue weighted by molar-refractivity contribution is 7.89. The van der Waals surface area contributed by atoms with Crippen molar-refractivity contribution in [2.24, 2.45) is 0 Å². The minimum Gasteiger partial charge on any atom is -0.322 e. The van der Waals surface area contributed by atoms with Crippen LogP contribution in [0.1, 0.15) is 24.2 Å². The summed E-state index contributed by atoms with van der Waals surface area (Å²) in [5.41, 5.74) is 0.777. The zero-order chi connectivity index (χ0) is 17.7. The van der Waals surface area contributed by atoms with Crippen LogP contribution in [0.15, 0.2) is 53.4 Å². The van der Waals surface area contributed by atoms with E-state index >= 15 is 0 Å². The number of hydrogen-bond donors (Lipinski definition) is 1. The number of carbonyl (C=O) groups is 1. The average molecular weight is 350 g/mol. The fourth-order valence-electron chi connectivity index (χ4n) is 2.23. The first kappa shape index (κ1) is 18.1. The van der Waals surface area contributed by atoms with Crippen LogP contribution in [0, 0.1) is 5.82 Å². The number of amides is 1. The third-order valence-electron chi connectivity index (χ3n) is 3.56. The molecule has 0 aliphatic carbocycles. The Bertz CT molecular complexity index is 799. The molecule has 5 nitrogen and oxygen atoms in total. The van der Waals surface area contributed by atoms with Crippen LogP contribution in [0.4, 0.5) is 10.1 Å². The Kier molecular flexibility index (Phi) is 5.69. The minimum atomic E-state index is -3.52. The summed E-state index contributed by atoms with van der Waals surface area (Å²) in [6.45, 7) is 4.33. The molecule has 0 bridgehead atoms. The Balaban J connectivity index is 2.15. The number of hydrogen-bond acceptors (Lipinski definition) is 3. The number of halogens is 1. The van der Waals surface area contributed by atoms with E-state index in [1.54, 1.807) is 13.8 Å². The lowest BCUT2D eigenvalue weighted by atomic mass is 10.2. The van der Waals surface area contributed by atoms with Gasteiger partial charge in [0.15, 0.2) is 0 Å². The summed E-state index contributed by atoms with van der Waals surface area (Å²) in [7, 11) is -3.52. The Morgan fingerprint density at radius 2 is 1.54 bits per heavy atom.